The van der Waals surface area contributed by atoms with Gasteiger partial charge in [0.05, 0.1) is 18.5 Å². The first-order chi connectivity index (χ1) is 8.22. The van der Waals surface area contributed by atoms with Crippen molar-refractivity contribution in [3.63, 3.8) is 0 Å². The Bertz CT molecular complexity index is 506. The number of hydrogen-bond acceptors (Lipinski definition) is 3. The van der Waals surface area contributed by atoms with E-state index in [1.807, 2.05) is 44.3 Å². The van der Waals surface area contributed by atoms with Crippen LogP contribution in [-0.4, -0.2) is 11.6 Å². The number of nitrogens with zero attached hydrogens (tertiary/aromatic N) is 1. The van der Waals surface area contributed by atoms with Gasteiger partial charge in [0.25, 0.3) is 0 Å². The fourth-order valence-corrected chi connectivity index (χ4v) is 1.73. The van der Waals surface area contributed by atoms with E-state index in [2.05, 4.69) is 4.98 Å². The van der Waals surface area contributed by atoms with Crippen molar-refractivity contribution in [1.82, 2.24) is 4.98 Å². The minimum absolute atomic E-state index is 0.679. The van der Waals surface area contributed by atoms with Gasteiger partial charge in [-0.2, -0.15) is 0 Å². The highest BCUT2D eigenvalue weighted by Gasteiger charge is 2.04. The Morgan fingerprint density at radius 1 is 1.18 bits per heavy atom. The zero-order chi connectivity index (χ0) is 12.3. The van der Waals surface area contributed by atoms with E-state index in [-0.39, 0.29) is 0 Å². The molecule has 88 valence electrons. The predicted molar refractivity (Wildman–Crippen MR) is 70.0 cm³/mol. The zero-order valence-corrected chi connectivity index (χ0v) is 10.1. The molecule has 0 aliphatic carbocycles. The molecule has 1 aromatic heterocycles. The van der Waals surface area contributed by atoms with Crippen LogP contribution in [0, 0.1) is 6.92 Å². The molecule has 2 N–H and O–H groups in total. The molecule has 0 unspecified atom stereocenters. The molecule has 17 heavy (non-hydrogen) atoms. The molecule has 3 nitrogen and oxygen atoms in total. The molecule has 0 fully saturated rings. The van der Waals surface area contributed by atoms with Crippen LogP contribution < -0.4 is 10.5 Å². The number of anilines is 1. The Hall–Kier alpha value is -2.03. The summed E-state index contributed by atoms with van der Waals surface area (Å²) in [6.07, 6.45) is 3.51. The third-order valence-electron chi connectivity index (χ3n) is 2.73. The average Bonchev–Trinajstić information content (AvgIpc) is 2.34. The maximum absolute atomic E-state index is 5.85. The van der Waals surface area contributed by atoms with Crippen LogP contribution in [0.4, 0.5) is 5.69 Å². The van der Waals surface area contributed by atoms with Crippen LogP contribution in [0.5, 0.6) is 5.75 Å². The molecule has 0 bridgehead atoms. The lowest BCUT2D eigenvalue weighted by Gasteiger charge is -2.09. The molecule has 0 aliphatic heterocycles. The number of ether oxygens (including phenoxy) is 1. The van der Waals surface area contributed by atoms with Gasteiger partial charge in [0, 0.05) is 11.8 Å². The van der Waals surface area contributed by atoms with Crippen molar-refractivity contribution in [3.8, 4) is 16.9 Å². The summed E-state index contributed by atoms with van der Waals surface area (Å²) >= 11 is 0. The van der Waals surface area contributed by atoms with E-state index in [9.17, 15) is 0 Å². The van der Waals surface area contributed by atoms with Crippen LogP contribution in [0.3, 0.4) is 0 Å². The molecular weight excluding hydrogens is 212 g/mol. The van der Waals surface area contributed by atoms with Gasteiger partial charge in [0.2, 0.25) is 0 Å². The normalized spacial score (nSPS) is 10.2. The Kier molecular flexibility index (Phi) is 3.28. The van der Waals surface area contributed by atoms with Crippen LogP contribution in [0.25, 0.3) is 11.1 Å². The van der Waals surface area contributed by atoms with Crippen molar-refractivity contribution in [1.29, 1.82) is 0 Å². The van der Waals surface area contributed by atoms with Crippen LogP contribution in [0.1, 0.15) is 12.5 Å². The molecule has 1 aromatic carbocycles. The van der Waals surface area contributed by atoms with E-state index in [1.165, 1.54) is 0 Å². The Morgan fingerprint density at radius 2 is 1.88 bits per heavy atom. The molecular formula is C14H16N2O. The molecule has 1 heterocycles. The van der Waals surface area contributed by atoms with Crippen LogP contribution in [0.2, 0.25) is 0 Å². The van der Waals surface area contributed by atoms with Crippen molar-refractivity contribution in [2.24, 2.45) is 0 Å². The van der Waals surface area contributed by atoms with Crippen LogP contribution in [0.15, 0.2) is 36.7 Å². The van der Waals surface area contributed by atoms with Crippen LogP contribution >= 0.6 is 0 Å². The van der Waals surface area contributed by atoms with Gasteiger partial charge in [-0.1, -0.05) is 12.1 Å². The van der Waals surface area contributed by atoms with Gasteiger partial charge in [0.1, 0.15) is 5.75 Å². The highest BCUT2D eigenvalue weighted by atomic mass is 16.5. The smallest absolute Gasteiger partial charge is 0.119 e. The van der Waals surface area contributed by atoms with Gasteiger partial charge in [0.15, 0.2) is 0 Å². The van der Waals surface area contributed by atoms with E-state index in [1.54, 1.807) is 6.20 Å². The van der Waals surface area contributed by atoms with Crippen molar-refractivity contribution in [2.75, 3.05) is 12.3 Å². The molecule has 0 spiro atoms. The molecule has 2 aromatic rings. The fourth-order valence-electron chi connectivity index (χ4n) is 1.73. The van der Waals surface area contributed by atoms with Gasteiger partial charge in [-0.25, -0.2) is 0 Å². The van der Waals surface area contributed by atoms with Gasteiger partial charge in [-0.05, 0) is 37.1 Å². The molecule has 2 rings (SSSR count). The SMILES string of the molecule is CCOc1ccc(-c2cncc(N)c2C)cc1. The molecule has 3 heteroatoms. The van der Waals surface area contributed by atoms with Gasteiger partial charge < -0.3 is 10.5 Å². The third-order valence-corrected chi connectivity index (χ3v) is 2.73. The summed E-state index contributed by atoms with van der Waals surface area (Å²) in [7, 11) is 0. The Balaban J connectivity index is 2.36. The van der Waals surface area contributed by atoms with E-state index in [4.69, 9.17) is 10.5 Å². The molecule has 0 aliphatic rings. The maximum Gasteiger partial charge on any atom is 0.119 e. The number of hydrogen-bond donors (Lipinski definition) is 1. The number of nitrogens with two attached hydrogens (primary N) is 1. The van der Waals surface area contributed by atoms with Crippen molar-refractivity contribution in [2.45, 2.75) is 13.8 Å². The van der Waals surface area contributed by atoms with Crippen molar-refractivity contribution in [3.05, 3.63) is 42.2 Å². The third kappa shape index (κ3) is 2.38. The van der Waals surface area contributed by atoms with E-state index >= 15 is 0 Å². The number of pyridine rings is 1. The standard InChI is InChI=1S/C14H16N2O/c1-3-17-12-6-4-11(5-7-12)13-8-16-9-14(15)10(13)2/h4-9H,3,15H2,1-2H3. The summed E-state index contributed by atoms with van der Waals surface area (Å²) < 4.78 is 5.41. The lowest BCUT2D eigenvalue weighted by atomic mass is 10.0. The van der Waals surface area contributed by atoms with Crippen LogP contribution in [-0.2, 0) is 0 Å². The molecule has 0 saturated carbocycles. The highest BCUT2D eigenvalue weighted by Crippen LogP contribution is 2.27. The number of aromatic nitrogens is 1. The second-order valence-corrected chi connectivity index (χ2v) is 3.86. The number of benzene rings is 1. The molecule has 0 amide bonds. The summed E-state index contributed by atoms with van der Waals surface area (Å²) in [5, 5.41) is 0. The Morgan fingerprint density at radius 3 is 2.53 bits per heavy atom. The lowest BCUT2D eigenvalue weighted by molar-refractivity contribution is 0.340. The van der Waals surface area contributed by atoms with E-state index in [0.29, 0.717) is 6.61 Å². The maximum atomic E-state index is 5.85. The second-order valence-electron chi connectivity index (χ2n) is 3.86. The summed E-state index contributed by atoms with van der Waals surface area (Å²) in [5.74, 6) is 0.880. The largest absolute Gasteiger partial charge is 0.494 e. The van der Waals surface area contributed by atoms with Crippen molar-refractivity contribution < 1.29 is 4.74 Å². The van der Waals surface area contributed by atoms with E-state index < -0.39 is 0 Å². The first-order valence-corrected chi connectivity index (χ1v) is 5.65. The molecule has 0 saturated heterocycles. The van der Waals surface area contributed by atoms with Gasteiger partial charge >= 0.3 is 0 Å². The molecule has 0 atom stereocenters. The quantitative estimate of drug-likeness (QED) is 0.878. The van der Waals surface area contributed by atoms with Gasteiger partial charge in [-0.15, -0.1) is 0 Å². The fraction of sp³-hybridized carbons (Fsp3) is 0.214. The zero-order valence-electron chi connectivity index (χ0n) is 10.1. The monoisotopic (exact) mass is 228 g/mol. The van der Waals surface area contributed by atoms with Crippen molar-refractivity contribution >= 4 is 5.69 Å². The first-order valence-electron chi connectivity index (χ1n) is 5.65. The highest BCUT2D eigenvalue weighted by molar-refractivity contribution is 5.71. The average molecular weight is 228 g/mol. The summed E-state index contributed by atoms with van der Waals surface area (Å²) in [6, 6.07) is 7.96. The topological polar surface area (TPSA) is 48.1 Å². The summed E-state index contributed by atoms with van der Waals surface area (Å²) in [6.45, 7) is 4.65. The summed E-state index contributed by atoms with van der Waals surface area (Å²) in [5.41, 5.74) is 9.79. The Labute approximate surface area is 101 Å². The number of nitrogen functional groups attached to an aromatic ring is 1. The minimum atomic E-state index is 0.679. The lowest BCUT2D eigenvalue weighted by Crippen LogP contribution is -1.94. The molecule has 0 radical (unpaired) electrons. The summed E-state index contributed by atoms with van der Waals surface area (Å²) in [4.78, 5) is 4.12. The first kappa shape index (κ1) is 11.5. The minimum Gasteiger partial charge on any atom is -0.494 e. The van der Waals surface area contributed by atoms with E-state index in [0.717, 1.165) is 28.1 Å². The number of rotatable bonds is 3. The predicted octanol–water partition coefficient (Wildman–Crippen LogP) is 3.04. The van der Waals surface area contributed by atoms with Gasteiger partial charge in [-0.3, -0.25) is 4.98 Å². The second kappa shape index (κ2) is 4.87.